The van der Waals surface area contributed by atoms with Crippen molar-refractivity contribution in [2.24, 2.45) is 0 Å². The van der Waals surface area contributed by atoms with Gasteiger partial charge < -0.3 is 14.8 Å². The lowest BCUT2D eigenvalue weighted by Gasteiger charge is -2.20. The number of nitro groups is 1. The minimum absolute atomic E-state index is 0.132. The number of benzene rings is 1. The molecule has 0 bridgehead atoms. The Morgan fingerprint density at radius 3 is 2.76 bits per heavy atom. The van der Waals surface area contributed by atoms with E-state index in [1.54, 1.807) is 13.1 Å². The lowest BCUT2D eigenvalue weighted by Crippen LogP contribution is -2.38. The summed E-state index contributed by atoms with van der Waals surface area (Å²) in [6.07, 6.45) is 1.28. The third-order valence-corrected chi connectivity index (χ3v) is 3.24. The van der Waals surface area contributed by atoms with Crippen LogP contribution in [0.4, 0.5) is 5.69 Å². The monoisotopic (exact) mass is 293 g/mol. The van der Waals surface area contributed by atoms with Crippen LogP contribution in [0.15, 0.2) is 18.2 Å². The first-order valence-electron chi connectivity index (χ1n) is 6.51. The molecule has 0 fully saturated rings. The summed E-state index contributed by atoms with van der Waals surface area (Å²) in [5, 5.41) is 22.9. The van der Waals surface area contributed by atoms with Crippen molar-refractivity contribution in [3.05, 3.63) is 28.3 Å². The van der Waals surface area contributed by atoms with Gasteiger partial charge in [-0.25, -0.2) is 0 Å². The average molecular weight is 293 g/mol. The highest BCUT2D eigenvalue weighted by atomic mass is 16.6. The zero-order valence-electron chi connectivity index (χ0n) is 12.4. The van der Waals surface area contributed by atoms with Crippen molar-refractivity contribution < 1.29 is 14.4 Å². The summed E-state index contributed by atoms with van der Waals surface area (Å²) in [6, 6.07) is 6.65. The molecule has 1 aromatic carbocycles. The number of ether oxygens (including phenoxy) is 2. The number of hydrogen-bond acceptors (Lipinski definition) is 6. The highest BCUT2D eigenvalue weighted by molar-refractivity contribution is 5.50. The van der Waals surface area contributed by atoms with Gasteiger partial charge in [0.1, 0.15) is 11.3 Å². The van der Waals surface area contributed by atoms with Gasteiger partial charge in [0.05, 0.1) is 30.8 Å². The molecule has 7 heteroatoms. The fourth-order valence-electron chi connectivity index (χ4n) is 1.75. The van der Waals surface area contributed by atoms with Crippen LogP contribution >= 0.6 is 0 Å². The number of nitro benzene ring substituents is 1. The first-order valence-corrected chi connectivity index (χ1v) is 6.51. The zero-order chi connectivity index (χ0) is 15.9. The molecular formula is C14H19N3O4. The largest absolute Gasteiger partial charge is 0.493 e. The highest BCUT2D eigenvalue weighted by Crippen LogP contribution is 2.30. The lowest BCUT2D eigenvalue weighted by atomic mass is 9.98. The molecule has 1 N–H and O–H groups in total. The van der Waals surface area contributed by atoms with Crippen molar-refractivity contribution >= 4 is 5.69 Å². The van der Waals surface area contributed by atoms with Crippen molar-refractivity contribution in [2.45, 2.75) is 25.3 Å². The summed E-state index contributed by atoms with van der Waals surface area (Å²) in [4.78, 5) is 10.4. The fourth-order valence-corrected chi connectivity index (χ4v) is 1.75. The van der Waals surface area contributed by atoms with Gasteiger partial charge in [0, 0.05) is 0 Å². The minimum Gasteiger partial charge on any atom is -0.493 e. The second-order valence-electron chi connectivity index (χ2n) is 4.74. The Balaban J connectivity index is 2.59. The van der Waals surface area contributed by atoms with Gasteiger partial charge in [0.25, 0.3) is 0 Å². The van der Waals surface area contributed by atoms with E-state index in [0.717, 1.165) is 0 Å². The molecule has 1 atom stereocenters. The van der Waals surface area contributed by atoms with E-state index < -0.39 is 10.5 Å². The Morgan fingerprint density at radius 1 is 1.52 bits per heavy atom. The second-order valence-corrected chi connectivity index (χ2v) is 4.74. The van der Waals surface area contributed by atoms with Gasteiger partial charge in [0.2, 0.25) is 0 Å². The second kappa shape index (κ2) is 7.45. The molecule has 1 aromatic rings. The van der Waals surface area contributed by atoms with Crippen LogP contribution in [0.3, 0.4) is 0 Å². The molecule has 0 aliphatic carbocycles. The molecule has 0 aliphatic rings. The summed E-state index contributed by atoms with van der Waals surface area (Å²) in [6.45, 7) is 2.19. The predicted octanol–water partition coefficient (Wildman–Crippen LogP) is 2.26. The molecule has 0 radical (unpaired) electrons. The van der Waals surface area contributed by atoms with E-state index in [2.05, 4.69) is 11.4 Å². The molecule has 0 aliphatic heterocycles. The van der Waals surface area contributed by atoms with Crippen molar-refractivity contribution in [3.63, 3.8) is 0 Å². The molecule has 0 amide bonds. The van der Waals surface area contributed by atoms with Crippen LogP contribution in [0.25, 0.3) is 0 Å². The first kappa shape index (κ1) is 16.7. The van der Waals surface area contributed by atoms with E-state index in [4.69, 9.17) is 14.7 Å². The van der Waals surface area contributed by atoms with Crippen LogP contribution in [0, 0.1) is 21.4 Å². The third kappa shape index (κ3) is 4.61. The summed E-state index contributed by atoms with van der Waals surface area (Å²) < 4.78 is 10.4. The number of hydrogen-bond donors (Lipinski definition) is 1. The average Bonchev–Trinajstić information content (AvgIpc) is 2.51. The number of nitrogens with zero attached hydrogens (tertiary/aromatic N) is 2. The van der Waals surface area contributed by atoms with Gasteiger partial charge in [-0.1, -0.05) is 0 Å². The molecule has 21 heavy (non-hydrogen) atoms. The van der Waals surface area contributed by atoms with E-state index in [1.807, 2.05) is 6.92 Å². The van der Waals surface area contributed by atoms with Gasteiger partial charge in [-0.05, 0) is 38.9 Å². The summed E-state index contributed by atoms with van der Waals surface area (Å²) >= 11 is 0. The van der Waals surface area contributed by atoms with Crippen LogP contribution in [0.1, 0.15) is 19.8 Å². The molecule has 0 aromatic heterocycles. The standard InChI is InChI=1S/C14H19N3O4/c1-14(10-15,16-2)7-4-8-21-11-5-6-13(20-3)12(9-11)17(18)19/h5-6,9,16H,4,7-8H2,1-3H3. The number of nitrogens with one attached hydrogen (secondary N) is 1. The molecule has 1 rings (SSSR count). The minimum atomic E-state index is -0.588. The SMILES string of the molecule is CNC(C)(C#N)CCCOc1ccc(OC)c([N+](=O)[O-])c1. The Hall–Kier alpha value is -2.33. The topological polar surface area (TPSA) is 97.4 Å². The molecular weight excluding hydrogens is 274 g/mol. The van der Waals surface area contributed by atoms with Crippen LogP contribution in [0.2, 0.25) is 0 Å². The number of rotatable bonds is 8. The van der Waals surface area contributed by atoms with E-state index in [0.29, 0.717) is 25.2 Å². The van der Waals surface area contributed by atoms with Crippen LogP contribution in [0.5, 0.6) is 11.5 Å². The summed E-state index contributed by atoms with van der Waals surface area (Å²) in [5.74, 6) is 0.602. The third-order valence-electron chi connectivity index (χ3n) is 3.24. The molecule has 0 saturated heterocycles. The maximum atomic E-state index is 10.9. The highest BCUT2D eigenvalue weighted by Gasteiger charge is 2.20. The zero-order valence-corrected chi connectivity index (χ0v) is 12.4. The molecule has 1 unspecified atom stereocenters. The lowest BCUT2D eigenvalue weighted by molar-refractivity contribution is -0.385. The number of nitriles is 1. The fraction of sp³-hybridized carbons (Fsp3) is 0.500. The van der Waals surface area contributed by atoms with Crippen molar-refractivity contribution in [1.82, 2.24) is 5.32 Å². The maximum absolute atomic E-state index is 10.9. The quantitative estimate of drug-likeness (QED) is 0.448. The first-order chi connectivity index (χ1) is 9.95. The maximum Gasteiger partial charge on any atom is 0.314 e. The van der Waals surface area contributed by atoms with E-state index in [-0.39, 0.29) is 11.4 Å². The van der Waals surface area contributed by atoms with Gasteiger partial charge in [-0.15, -0.1) is 0 Å². The van der Waals surface area contributed by atoms with Gasteiger partial charge in [-0.3, -0.25) is 10.1 Å². The van der Waals surface area contributed by atoms with Crippen molar-refractivity contribution in [2.75, 3.05) is 20.8 Å². The van der Waals surface area contributed by atoms with E-state index in [9.17, 15) is 10.1 Å². The molecule has 0 spiro atoms. The Morgan fingerprint density at radius 2 is 2.24 bits per heavy atom. The summed E-state index contributed by atoms with van der Waals surface area (Å²) in [7, 11) is 3.11. The molecule has 7 nitrogen and oxygen atoms in total. The normalized spacial score (nSPS) is 13.0. The van der Waals surface area contributed by atoms with Gasteiger partial charge in [-0.2, -0.15) is 5.26 Å². The van der Waals surface area contributed by atoms with Crippen LogP contribution in [-0.4, -0.2) is 31.2 Å². The Kier molecular flexibility index (Phi) is 5.93. The predicted molar refractivity (Wildman–Crippen MR) is 77.5 cm³/mol. The van der Waals surface area contributed by atoms with Gasteiger partial charge >= 0.3 is 5.69 Å². The Labute approximate surface area is 123 Å². The Bertz CT molecular complexity index is 542. The van der Waals surface area contributed by atoms with Crippen molar-refractivity contribution in [1.29, 1.82) is 5.26 Å². The van der Waals surface area contributed by atoms with Crippen molar-refractivity contribution in [3.8, 4) is 17.6 Å². The van der Waals surface area contributed by atoms with Gasteiger partial charge in [0.15, 0.2) is 5.75 Å². The molecule has 114 valence electrons. The van der Waals surface area contributed by atoms with E-state index in [1.165, 1.54) is 19.2 Å². The van der Waals surface area contributed by atoms with E-state index >= 15 is 0 Å². The number of methoxy groups -OCH3 is 1. The molecule has 0 saturated carbocycles. The van der Waals surface area contributed by atoms with Crippen LogP contribution in [-0.2, 0) is 0 Å². The smallest absolute Gasteiger partial charge is 0.314 e. The van der Waals surface area contributed by atoms with Crippen LogP contribution < -0.4 is 14.8 Å². The molecule has 0 heterocycles. The summed E-state index contributed by atoms with van der Waals surface area (Å²) in [5.41, 5.74) is -0.720.